The fourth-order valence-corrected chi connectivity index (χ4v) is 3.75. The maximum atomic E-state index is 12.1. The topological polar surface area (TPSA) is 73.1 Å². The van der Waals surface area contributed by atoms with Crippen molar-refractivity contribution in [1.82, 2.24) is 10.2 Å². The Morgan fingerprint density at radius 3 is 2.27 bits per heavy atom. The average Bonchev–Trinajstić information content (AvgIpc) is 2.91. The number of sulfone groups is 1. The number of thioether (sulfide) groups is 1. The van der Waals surface area contributed by atoms with Crippen LogP contribution in [-0.4, -0.2) is 23.9 Å². The van der Waals surface area contributed by atoms with Crippen molar-refractivity contribution in [2.45, 2.75) is 48.8 Å². The maximum Gasteiger partial charge on any atom is 0.229 e. The van der Waals surface area contributed by atoms with E-state index in [9.17, 15) is 8.42 Å². The standard InChI is InChI=1S/C15H20N2O3S2/c1-10(2)22(18,19)14-7-5-13(6-8-14)9-21-11(3)15-17-16-12(4)20-15/h5-8,10-11H,9H2,1-4H3/t11-/m0/s1. The summed E-state index contributed by atoms with van der Waals surface area (Å²) in [5.74, 6) is 1.93. The minimum atomic E-state index is -3.21. The molecule has 22 heavy (non-hydrogen) atoms. The van der Waals surface area contributed by atoms with Gasteiger partial charge in [-0.15, -0.1) is 22.0 Å². The Labute approximate surface area is 135 Å². The first-order valence-corrected chi connectivity index (χ1v) is 9.64. The second-order valence-electron chi connectivity index (χ2n) is 5.35. The third-order valence-electron chi connectivity index (χ3n) is 3.26. The van der Waals surface area contributed by atoms with Gasteiger partial charge in [-0.05, 0) is 38.5 Å². The Morgan fingerprint density at radius 2 is 1.77 bits per heavy atom. The second kappa shape index (κ2) is 6.83. The molecule has 2 aromatic rings. The minimum absolute atomic E-state index is 0.0975. The van der Waals surface area contributed by atoms with Gasteiger partial charge in [0.05, 0.1) is 15.4 Å². The van der Waals surface area contributed by atoms with E-state index in [1.54, 1.807) is 44.7 Å². The summed E-state index contributed by atoms with van der Waals surface area (Å²) in [6, 6.07) is 7.06. The van der Waals surface area contributed by atoms with Crippen LogP contribution in [0.3, 0.4) is 0 Å². The van der Waals surface area contributed by atoms with E-state index in [0.29, 0.717) is 16.7 Å². The molecule has 0 fully saturated rings. The molecule has 0 saturated heterocycles. The van der Waals surface area contributed by atoms with Crippen molar-refractivity contribution in [3.63, 3.8) is 0 Å². The van der Waals surface area contributed by atoms with Gasteiger partial charge in [0.2, 0.25) is 11.8 Å². The van der Waals surface area contributed by atoms with Crippen molar-refractivity contribution in [3.05, 3.63) is 41.6 Å². The summed E-state index contributed by atoms with van der Waals surface area (Å²) in [7, 11) is -3.21. The molecule has 0 N–H and O–H groups in total. The molecule has 0 aliphatic rings. The molecule has 120 valence electrons. The third kappa shape index (κ3) is 3.89. The van der Waals surface area contributed by atoms with Gasteiger partial charge < -0.3 is 4.42 Å². The summed E-state index contributed by atoms with van der Waals surface area (Å²) in [4.78, 5) is 0.372. The van der Waals surface area contributed by atoms with Gasteiger partial charge in [0, 0.05) is 12.7 Å². The summed E-state index contributed by atoms with van der Waals surface area (Å²) in [6.07, 6.45) is 0. The molecule has 0 aliphatic heterocycles. The molecule has 2 rings (SSSR count). The van der Waals surface area contributed by atoms with Crippen molar-refractivity contribution >= 4 is 21.6 Å². The predicted molar refractivity (Wildman–Crippen MR) is 87.5 cm³/mol. The highest BCUT2D eigenvalue weighted by Crippen LogP contribution is 2.30. The molecule has 0 bridgehead atoms. The molecule has 1 heterocycles. The first kappa shape index (κ1) is 17.0. The Bertz CT molecular complexity index is 722. The molecule has 1 atom stereocenters. The first-order chi connectivity index (χ1) is 10.3. The maximum absolute atomic E-state index is 12.1. The van der Waals surface area contributed by atoms with Crippen LogP contribution < -0.4 is 0 Å². The lowest BCUT2D eigenvalue weighted by Gasteiger charge is -2.09. The van der Waals surface area contributed by atoms with E-state index < -0.39 is 15.1 Å². The first-order valence-electron chi connectivity index (χ1n) is 7.05. The van der Waals surface area contributed by atoms with Crippen molar-refractivity contribution < 1.29 is 12.8 Å². The Kier molecular flexibility index (Phi) is 5.28. The van der Waals surface area contributed by atoms with Crippen LogP contribution >= 0.6 is 11.8 Å². The van der Waals surface area contributed by atoms with E-state index in [4.69, 9.17) is 4.42 Å². The number of aryl methyl sites for hydroxylation is 1. The zero-order valence-electron chi connectivity index (χ0n) is 13.1. The van der Waals surface area contributed by atoms with Gasteiger partial charge in [-0.2, -0.15) is 0 Å². The number of hydrogen-bond donors (Lipinski definition) is 0. The number of rotatable bonds is 6. The molecule has 1 aromatic heterocycles. The lowest BCUT2D eigenvalue weighted by molar-refractivity contribution is 0.470. The van der Waals surface area contributed by atoms with Crippen LogP contribution in [0.5, 0.6) is 0 Å². The highest BCUT2D eigenvalue weighted by Gasteiger charge is 2.19. The quantitative estimate of drug-likeness (QED) is 0.800. The number of nitrogens with zero attached hydrogens (tertiary/aromatic N) is 2. The predicted octanol–water partition coefficient (Wildman–Crippen LogP) is 3.55. The lowest BCUT2D eigenvalue weighted by Crippen LogP contribution is -2.13. The van der Waals surface area contributed by atoms with Crippen LogP contribution in [0.2, 0.25) is 0 Å². The molecule has 0 aliphatic carbocycles. The Morgan fingerprint density at radius 1 is 1.14 bits per heavy atom. The Hall–Kier alpha value is -1.34. The van der Waals surface area contributed by atoms with Gasteiger partial charge in [-0.1, -0.05) is 12.1 Å². The van der Waals surface area contributed by atoms with Crippen molar-refractivity contribution in [3.8, 4) is 0 Å². The number of benzene rings is 1. The van der Waals surface area contributed by atoms with Gasteiger partial charge >= 0.3 is 0 Å². The largest absolute Gasteiger partial charge is 0.424 e. The summed E-state index contributed by atoms with van der Waals surface area (Å²) in [6.45, 7) is 7.15. The SMILES string of the molecule is Cc1nnc([C@H](C)SCc2ccc(S(=O)(=O)C(C)C)cc2)o1. The number of aromatic nitrogens is 2. The molecule has 0 saturated carbocycles. The molecule has 1 aromatic carbocycles. The van der Waals surface area contributed by atoms with Gasteiger partial charge in [-0.25, -0.2) is 8.42 Å². The minimum Gasteiger partial charge on any atom is -0.424 e. The van der Waals surface area contributed by atoms with E-state index in [-0.39, 0.29) is 5.25 Å². The van der Waals surface area contributed by atoms with Crippen LogP contribution in [-0.2, 0) is 15.6 Å². The molecular weight excluding hydrogens is 320 g/mol. The van der Waals surface area contributed by atoms with Gasteiger partial charge in [0.25, 0.3) is 0 Å². The smallest absolute Gasteiger partial charge is 0.229 e. The van der Waals surface area contributed by atoms with E-state index in [0.717, 1.165) is 11.3 Å². The zero-order chi connectivity index (χ0) is 16.3. The van der Waals surface area contributed by atoms with Crippen LogP contribution in [0.1, 0.15) is 43.4 Å². The summed E-state index contributed by atoms with van der Waals surface area (Å²) >= 11 is 1.67. The zero-order valence-corrected chi connectivity index (χ0v) is 14.7. The second-order valence-corrected chi connectivity index (χ2v) is 9.18. The molecule has 5 nitrogen and oxygen atoms in total. The number of hydrogen-bond acceptors (Lipinski definition) is 6. The van der Waals surface area contributed by atoms with Crippen molar-refractivity contribution in [2.24, 2.45) is 0 Å². The van der Waals surface area contributed by atoms with E-state index in [2.05, 4.69) is 10.2 Å². The van der Waals surface area contributed by atoms with Gasteiger partial charge in [-0.3, -0.25) is 0 Å². The van der Waals surface area contributed by atoms with Crippen molar-refractivity contribution in [2.75, 3.05) is 0 Å². The van der Waals surface area contributed by atoms with E-state index in [1.165, 1.54) is 0 Å². The fraction of sp³-hybridized carbons (Fsp3) is 0.467. The average molecular weight is 340 g/mol. The van der Waals surface area contributed by atoms with Crippen LogP contribution in [0.15, 0.2) is 33.6 Å². The monoisotopic (exact) mass is 340 g/mol. The highest BCUT2D eigenvalue weighted by molar-refractivity contribution is 7.98. The molecule has 7 heteroatoms. The normalized spacial score (nSPS) is 13.5. The van der Waals surface area contributed by atoms with E-state index in [1.807, 2.05) is 19.1 Å². The summed E-state index contributed by atoms with van der Waals surface area (Å²) in [5.41, 5.74) is 1.07. The molecule has 0 radical (unpaired) electrons. The van der Waals surface area contributed by atoms with Crippen LogP contribution in [0, 0.1) is 6.92 Å². The molecule has 0 spiro atoms. The molecule has 0 unspecified atom stereocenters. The van der Waals surface area contributed by atoms with Gasteiger partial charge in [0.1, 0.15) is 0 Å². The molecule has 0 amide bonds. The lowest BCUT2D eigenvalue weighted by atomic mass is 10.2. The third-order valence-corrected chi connectivity index (χ3v) is 6.63. The fourth-order valence-electron chi connectivity index (χ4n) is 1.82. The van der Waals surface area contributed by atoms with Crippen molar-refractivity contribution in [1.29, 1.82) is 0 Å². The molecular formula is C15H20N2O3S2. The summed E-state index contributed by atoms with van der Waals surface area (Å²) in [5, 5.41) is 7.52. The Balaban J connectivity index is 2.00. The highest BCUT2D eigenvalue weighted by atomic mass is 32.2. The summed E-state index contributed by atoms with van der Waals surface area (Å²) < 4.78 is 29.5. The van der Waals surface area contributed by atoms with Crippen LogP contribution in [0.4, 0.5) is 0 Å². The van der Waals surface area contributed by atoms with E-state index >= 15 is 0 Å². The van der Waals surface area contributed by atoms with Crippen LogP contribution in [0.25, 0.3) is 0 Å². The van der Waals surface area contributed by atoms with Gasteiger partial charge in [0.15, 0.2) is 9.84 Å².